The summed E-state index contributed by atoms with van der Waals surface area (Å²) in [5.74, 6) is 0. The summed E-state index contributed by atoms with van der Waals surface area (Å²) in [4.78, 5) is 15.9. The van der Waals surface area contributed by atoms with Gasteiger partial charge in [0.15, 0.2) is 0 Å². The predicted molar refractivity (Wildman–Crippen MR) is 117 cm³/mol. The number of hydrogen-bond donors (Lipinski definition) is 1. The fraction of sp³-hybridized carbons (Fsp3) is 0.292. The summed E-state index contributed by atoms with van der Waals surface area (Å²) in [5, 5.41) is 3.49. The molecule has 0 spiro atoms. The number of nitrogens with one attached hydrogen (secondary N) is 1. The molecule has 3 rings (SSSR count). The highest BCUT2D eigenvalue weighted by Crippen LogP contribution is 2.14. The van der Waals surface area contributed by atoms with Crippen molar-refractivity contribution in [3.63, 3.8) is 0 Å². The van der Waals surface area contributed by atoms with Gasteiger partial charge in [-0.3, -0.25) is 15.0 Å². The molecular weight excluding hydrogens is 358 g/mol. The fourth-order valence-corrected chi connectivity index (χ4v) is 3.15. The minimum atomic E-state index is 0.702. The van der Waals surface area contributed by atoms with Crippen LogP contribution < -0.4 is 5.32 Å². The van der Waals surface area contributed by atoms with E-state index < -0.39 is 0 Å². The van der Waals surface area contributed by atoms with Crippen LogP contribution in [-0.2, 0) is 19.6 Å². The molecule has 3 heterocycles. The highest BCUT2D eigenvalue weighted by molar-refractivity contribution is 5.21. The van der Waals surface area contributed by atoms with Gasteiger partial charge in [-0.1, -0.05) is 18.2 Å². The van der Waals surface area contributed by atoms with Crippen molar-refractivity contribution in [2.75, 3.05) is 0 Å². The Balaban J connectivity index is 1.77. The molecule has 29 heavy (non-hydrogen) atoms. The lowest BCUT2D eigenvalue weighted by Crippen LogP contribution is -2.22. The average Bonchev–Trinajstić information content (AvgIpc) is 2.71. The van der Waals surface area contributed by atoms with Crippen molar-refractivity contribution >= 4 is 0 Å². The van der Waals surface area contributed by atoms with Gasteiger partial charge in [-0.05, 0) is 62.6 Å². The van der Waals surface area contributed by atoms with E-state index in [4.69, 9.17) is 0 Å². The molecule has 0 saturated carbocycles. The molecule has 5 heteroatoms. The summed E-state index contributed by atoms with van der Waals surface area (Å²) in [7, 11) is 0. The Labute approximate surface area is 173 Å². The molecule has 0 saturated heterocycles. The van der Waals surface area contributed by atoms with Crippen LogP contribution in [0, 0.1) is 20.8 Å². The maximum atomic E-state index is 4.57. The summed E-state index contributed by atoms with van der Waals surface area (Å²) in [6.07, 6.45) is 7.69. The van der Waals surface area contributed by atoms with Gasteiger partial charge in [0.1, 0.15) is 0 Å². The van der Waals surface area contributed by atoms with E-state index in [1.807, 2.05) is 36.8 Å². The molecular formula is C24H29N5. The zero-order valence-corrected chi connectivity index (χ0v) is 17.7. The number of hydrogen-bond acceptors (Lipinski definition) is 5. The molecule has 5 nitrogen and oxygen atoms in total. The SMILES string of the molecule is CC(=CN(Cc1ncccc1C)Cc1ncccc1C)NCc1ncccc1C. The standard InChI is InChI=1S/C24H29N5/c1-18-8-5-11-25-22(18)14-28-21(4)15-29(16-23-19(2)9-6-12-26-23)17-24-20(3)10-7-13-27-24/h5-13,15,28H,14,16-17H2,1-4H3. The van der Waals surface area contributed by atoms with Gasteiger partial charge in [-0.2, -0.15) is 0 Å². The normalized spacial score (nSPS) is 11.4. The molecule has 3 aromatic heterocycles. The number of allylic oxidation sites excluding steroid dienone is 1. The zero-order chi connectivity index (χ0) is 20.6. The van der Waals surface area contributed by atoms with E-state index in [0.29, 0.717) is 6.54 Å². The van der Waals surface area contributed by atoms with Crippen molar-refractivity contribution in [1.82, 2.24) is 25.2 Å². The highest BCUT2D eigenvalue weighted by Gasteiger charge is 2.10. The van der Waals surface area contributed by atoms with Gasteiger partial charge in [0, 0.05) is 30.5 Å². The van der Waals surface area contributed by atoms with Gasteiger partial charge in [0.05, 0.1) is 36.7 Å². The third-order valence-corrected chi connectivity index (χ3v) is 4.97. The van der Waals surface area contributed by atoms with Crippen LogP contribution >= 0.6 is 0 Å². The van der Waals surface area contributed by atoms with E-state index in [1.54, 1.807) is 0 Å². The van der Waals surface area contributed by atoms with E-state index in [0.717, 1.165) is 35.9 Å². The predicted octanol–water partition coefficient (Wildman–Crippen LogP) is 4.45. The topological polar surface area (TPSA) is 53.9 Å². The molecule has 3 aromatic rings. The van der Waals surface area contributed by atoms with E-state index in [2.05, 4.69) is 77.3 Å². The Hall–Kier alpha value is -3.21. The van der Waals surface area contributed by atoms with Crippen molar-refractivity contribution < 1.29 is 0 Å². The quantitative estimate of drug-likeness (QED) is 0.619. The minimum absolute atomic E-state index is 0.702. The Morgan fingerprint density at radius 3 is 1.69 bits per heavy atom. The first-order valence-electron chi connectivity index (χ1n) is 9.90. The van der Waals surface area contributed by atoms with Crippen LogP contribution in [0.3, 0.4) is 0 Å². The molecule has 150 valence electrons. The first-order valence-corrected chi connectivity index (χ1v) is 9.90. The molecule has 0 aliphatic heterocycles. The minimum Gasteiger partial charge on any atom is -0.382 e. The Morgan fingerprint density at radius 1 is 0.793 bits per heavy atom. The number of aromatic nitrogens is 3. The van der Waals surface area contributed by atoms with Crippen molar-refractivity contribution in [2.45, 2.75) is 47.3 Å². The smallest absolute Gasteiger partial charge is 0.0625 e. The van der Waals surface area contributed by atoms with E-state index in [9.17, 15) is 0 Å². The monoisotopic (exact) mass is 387 g/mol. The maximum Gasteiger partial charge on any atom is 0.0625 e. The summed E-state index contributed by atoms with van der Waals surface area (Å²) >= 11 is 0. The molecule has 1 N–H and O–H groups in total. The molecule has 0 amide bonds. The Kier molecular flexibility index (Phi) is 6.95. The van der Waals surface area contributed by atoms with Crippen molar-refractivity contribution in [3.8, 4) is 0 Å². The van der Waals surface area contributed by atoms with Crippen LogP contribution in [0.5, 0.6) is 0 Å². The molecule has 0 bridgehead atoms. The second-order valence-corrected chi connectivity index (χ2v) is 7.37. The largest absolute Gasteiger partial charge is 0.382 e. The number of aryl methyl sites for hydroxylation is 3. The first kappa shape index (κ1) is 20.5. The lowest BCUT2D eigenvalue weighted by Gasteiger charge is -2.23. The highest BCUT2D eigenvalue weighted by atomic mass is 15.1. The van der Waals surface area contributed by atoms with Crippen LogP contribution in [0.2, 0.25) is 0 Å². The molecule has 0 aliphatic rings. The van der Waals surface area contributed by atoms with Crippen molar-refractivity contribution in [3.05, 3.63) is 101 Å². The van der Waals surface area contributed by atoms with Crippen LogP contribution in [-0.4, -0.2) is 19.9 Å². The van der Waals surface area contributed by atoms with Crippen LogP contribution in [0.1, 0.15) is 40.7 Å². The summed E-state index contributed by atoms with van der Waals surface area (Å²) in [5.41, 5.74) is 7.87. The van der Waals surface area contributed by atoms with Gasteiger partial charge < -0.3 is 10.2 Å². The lowest BCUT2D eigenvalue weighted by atomic mass is 10.2. The molecule has 0 fully saturated rings. The zero-order valence-electron chi connectivity index (χ0n) is 17.7. The summed E-state index contributed by atoms with van der Waals surface area (Å²) < 4.78 is 0. The van der Waals surface area contributed by atoms with E-state index in [-0.39, 0.29) is 0 Å². The van der Waals surface area contributed by atoms with E-state index in [1.165, 1.54) is 16.7 Å². The third kappa shape index (κ3) is 5.88. The number of rotatable bonds is 8. The summed E-state index contributed by atoms with van der Waals surface area (Å²) in [6, 6.07) is 12.2. The second kappa shape index (κ2) is 9.82. The Morgan fingerprint density at radius 2 is 1.24 bits per heavy atom. The first-order chi connectivity index (χ1) is 14.0. The number of pyridine rings is 3. The number of nitrogens with zero attached hydrogens (tertiary/aromatic N) is 4. The lowest BCUT2D eigenvalue weighted by molar-refractivity contribution is 0.346. The van der Waals surface area contributed by atoms with Gasteiger partial charge >= 0.3 is 0 Å². The van der Waals surface area contributed by atoms with Crippen molar-refractivity contribution in [2.24, 2.45) is 0 Å². The Bertz CT molecular complexity index is 933. The van der Waals surface area contributed by atoms with Crippen LogP contribution in [0.15, 0.2) is 66.9 Å². The van der Waals surface area contributed by atoms with Crippen molar-refractivity contribution in [1.29, 1.82) is 0 Å². The van der Waals surface area contributed by atoms with Gasteiger partial charge in [-0.25, -0.2) is 0 Å². The molecule has 0 radical (unpaired) electrons. The molecule has 0 aliphatic carbocycles. The van der Waals surface area contributed by atoms with Crippen LogP contribution in [0.4, 0.5) is 0 Å². The van der Waals surface area contributed by atoms with Crippen LogP contribution in [0.25, 0.3) is 0 Å². The molecule has 0 atom stereocenters. The molecule has 0 unspecified atom stereocenters. The van der Waals surface area contributed by atoms with Gasteiger partial charge in [0.2, 0.25) is 0 Å². The van der Waals surface area contributed by atoms with E-state index >= 15 is 0 Å². The van der Waals surface area contributed by atoms with Gasteiger partial charge in [-0.15, -0.1) is 0 Å². The van der Waals surface area contributed by atoms with Gasteiger partial charge in [0.25, 0.3) is 0 Å². The fourth-order valence-electron chi connectivity index (χ4n) is 3.15. The molecule has 0 aromatic carbocycles. The third-order valence-electron chi connectivity index (χ3n) is 4.97. The average molecular weight is 388 g/mol. The summed E-state index contributed by atoms with van der Waals surface area (Å²) in [6.45, 7) is 10.5. The second-order valence-electron chi connectivity index (χ2n) is 7.37. The maximum absolute atomic E-state index is 4.57.